The molecule has 1 aromatic rings. The molecule has 0 fully saturated rings. The van der Waals surface area contributed by atoms with Gasteiger partial charge in [-0.05, 0) is 37.1 Å². The zero-order chi connectivity index (χ0) is 12.1. The van der Waals surface area contributed by atoms with E-state index in [9.17, 15) is 5.11 Å². The van der Waals surface area contributed by atoms with Crippen molar-refractivity contribution in [3.63, 3.8) is 0 Å². The maximum absolute atomic E-state index is 10.2. The fraction of sp³-hybridized carbons (Fsp3) is 0.538. The molecule has 0 saturated heterocycles. The van der Waals surface area contributed by atoms with Crippen LogP contribution in [0, 0.1) is 6.92 Å². The fourth-order valence-electron chi connectivity index (χ4n) is 1.83. The van der Waals surface area contributed by atoms with Crippen molar-refractivity contribution >= 4 is 11.6 Å². The molecule has 0 aliphatic heterocycles. The molecule has 2 unspecified atom stereocenters. The molecule has 3 heteroatoms. The highest BCUT2D eigenvalue weighted by Crippen LogP contribution is 2.23. The van der Waals surface area contributed by atoms with Crippen LogP contribution in [0.1, 0.15) is 37.5 Å². The highest BCUT2D eigenvalue weighted by Gasteiger charge is 2.18. The highest BCUT2D eigenvalue weighted by atomic mass is 35.5. The SMILES string of the molecule is CCNC(CC)C(O)c1ccc(Cl)c(C)c1. The molecule has 0 aliphatic rings. The zero-order valence-corrected chi connectivity index (χ0v) is 10.9. The number of aliphatic hydroxyl groups is 1. The van der Waals surface area contributed by atoms with Crippen LogP contribution >= 0.6 is 11.6 Å². The minimum Gasteiger partial charge on any atom is -0.387 e. The lowest BCUT2D eigenvalue weighted by Gasteiger charge is -2.23. The summed E-state index contributed by atoms with van der Waals surface area (Å²) in [6, 6.07) is 5.78. The summed E-state index contributed by atoms with van der Waals surface area (Å²) in [6.45, 7) is 6.93. The van der Waals surface area contributed by atoms with E-state index in [4.69, 9.17) is 11.6 Å². The number of aliphatic hydroxyl groups excluding tert-OH is 1. The summed E-state index contributed by atoms with van der Waals surface area (Å²) in [4.78, 5) is 0. The van der Waals surface area contributed by atoms with Crippen molar-refractivity contribution in [1.29, 1.82) is 0 Å². The van der Waals surface area contributed by atoms with Crippen molar-refractivity contribution in [2.45, 2.75) is 39.3 Å². The number of likely N-dealkylation sites (N-methyl/N-ethyl adjacent to an activating group) is 1. The third-order valence-corrected chi connectivity index (χ3v) is 3.23. The Morgan fingerprint density at radius 3 is 2.56 bits per heavy atom. The van der Waals surface area contributed by atoms with Gasteiger partial charge in [0.2, 0.25) is 0 Å². The molecule has 0 amide bonds. The van der Waals surface area contributed by atoms with E-state index in [1.165, 1.54) is 0 Å². The molecule has 2 atom stereocenters. The van der Waals surface area contributed by atoms with Gasteiger partial charge in [-0.25, -0.2) is 0 Å². The molecule has 0 radical (unpaired) electrons. The lowest BCUT2D eigenvalue weighted by atomic mass is 9.99. The Morgan fingerprint density at radius 2 is 2.06 bits per heavy atom. The number of hydrogen-bond acceptors (Lipinski definition) is 2. The van der Waals surface area contributed by atoms with Crippen LogP contribution in [0.2, 0.25) is 5.02 Å². The van der Waals surface area contributed by atoms with Gasteiger partial charge in [-0.2, -0.15) is 0 Å². The molecule has 1 aromatic carbocycles. The fourth-order valence-corrected chi connectivity index (χ4v) is 1.94. The van der Waals surface area contributed by atoms with Crippen molar-refractivity contribution in [3.05, 3.63) is 34.3 Å². The second-order valence-electron chi connectivity index (χ2n) is 4.03. The summed E-state index contributed by atoms with van der Waals surface area (Å²) < 4.78 is 0. The third kappa shape index (κ3) is 3.21. The van der Waals surface area contributed by atoms with Crippen LogP contribution in [0.5, 0.6) is 0 Å². The molecule has 16 heavy (non-hydrogen) atoms. The Labute approximate surface area is 103 Å². The monoisotopic (exact) mass is 241 g/mol. The molecule has 0 saturated carbocycles. The quantitative estimate of drug-likeness (QED) is 0.831. The lowest BCUT2D eigenvalue weighted by Crippen LogP contribution is -2.34. The number of aryl methyl sites for hydroxylation is 1. The number of halogens is 1. The molecular weight excluding hydrogens is 222 g/mol. The summed E-state index contributed by atoms with van der Waals surface area (Å²) in [6.07, 6.45) is 0.428. The number of nitrogens with one attached hydrogen (secondary N) is 1. The van der Waals surface area contributed by atoms with Gasteiger partial charge in [0.15, 0.2) is 0 Å². The minimum atomic E-state index is -0.471. The van der Waals surface area contributed by atoms with Gasteiger partial charge in [0.1, 0.15) is 0 Å². The number of rotatable bonds is 5. The average molecular weight is 242 g/mol. The molecule has 0 spiro atoms. The molecule has 2 nitrogen and oxygen atoms in total. The Kier molecular flexibility index (Phi) is 5.26. The van der Waals surface area contributed by atoms with E-state index in [1.54, 1.807) is 0 Å². The van der Waals surface area contributed by atoms with Crippen LogP contribution in [0.4, 0.5) is 0 Å². The van der Waals surface area contributed by atoms with Crippen LogP contribution in [-0.2, 0) is 0 Å². The van der Waals surface area contributed by atoms with E-state index in [-0.39, 0.29) is 6.04 Å². The number of benzene rings is 1. The summed E-state index contributed by atoms with van der Waals surface area (Å²) in [5.74, 6) is 0. The molecule has 0 heterocycles. The first kappa shape index (κ1) is 13.5. The average Bonchev–Trinajstić information content (AvgIpc) is 2.28. The lowest BCUT2D eigenvalue weighted by molar-refractivity contribution is 0.127. The van der Waals surface area contributed by atoms with E-state index in [0.717, 1.165) is 29.1 Å². The van der Waals surface area contributed by atoms with E-state index >= 15 is 0 Å². The smallest absolute Gasteiger partial charge is 0.0942 e. The Bertz CT molecular complexity index is 341. The largest absolute Gasteiger partial charge is 0.387 e. The first-order valence-electron chi connectivity index (χ1n) is 5.77. The van der Waals surface area contributed by atoms with Gasteiger partial charge in [0.25, 0.3) is 0 Å². The van der Waals surface area contributed by atoms with E-state index < -0.39 is 6.10 Å². The van der Waals surface area contributed by atoms with Crippen molar-refractivity contribution in [2.24, 2.45) is 0 Å². The normalized spacial score (nSPS) is 14.8. The van der Waals surface area contributed by atoms with Crippen LogP contribution in [0.15, 0.2) is 18.2 Å². The Hall–Kier alpha value is -0.570. The topological polar surface area (TPSA) is 32.3 Å². The minimum absolute atomic E-state index is 0.102. The van der Waals surface area contributed by atoms with Crippen LogP contribution < -0.4 is 5.32 Å². The molecular formula is C13H20ClNO. The molecule has 0 aliphatic carbocycles. The summed E-state index contributed by atoms with van der Waals surface area (Å²) in [5, 5.41) is 14.2. The van der Waals surface area contributed by atoms with E-state index in [2.05, 4.69) is 12.2 Å². The predicted molar refractivity (Wildman–Crippen MR) is 68.9 cm³/mol. The zero-order valence-electron chi connectivity index (χ0n) is 10.1. The van der Waals surface area contributed by atoms with Crippen LogP contribution in [0.3, 0.4) is 0 Å². The van der Waals surface area contributed by atoms with Gasteiger partial charge in [-0.1, -0.05) is 37.6 Å². The molecule has 2 N–H and O–H groups in total. The van der Waals surface area contributed by atoms with Gasteiger partial charge in [-0.15, -0.1) is 0 Å². The standard InChI is InChI=1S/C13H20ClNO/c1-4-12(15-5-2)13(16)10-6-7-11(14)9(3)8-10/h6-8,12-13,15-16H,4-5H2,1-3H3. The van der Waals surface area contributed by atoms with Crippen molar-refractivity contribution < 1.29 is 5.11 Å². The Morgan fingerprint density at radius 1 is 1.38 bits per heavy atom. The van der Waals surface area contributed by atoms with Gasteiger partial charge in [0.05, 0.1) is 6.10 Å². The molecule has 90 valence electrons. The molecule has 0 aromatic heterocycles. The van der Waals surface area contributed by atoms with E-state index in [1.807, 2.05) is 32.0 Å². The van der Waals surface area contributed by atoms with Crippen LogP contribution in [0.25, 0.3) is 0 Å². The molecule has 0 bridgehead atoms. The van der Waals surface area contributed by atoms with Crippen LogP contribution in [-0.4, -0.2) is 17.7 Å². The van der Waals surface area contributed by atoms with Crippen molar-refractivity contribution in [2.75, 3.05) is 6.54 Å². The van der Waals surface area contributed by atoms with Crippen molar-refractivity contribution in [3.8, 4) is 0 Å². The first-order valence-corrected chi connectivity index (χ1v) is 6.15. The van der Waals surface area contributed by atoms with E-state index in [0.29, 0.717) is 0 Å². The van der Waals surface area contributed by atoms with Gasteiger partial charge in [-0.3, -0.25) is 0 Å². The predicted octanol–water partition coefficient (Wildman–Crippen LogP) is 3.07. The summed E-state index contributed by atoms with van der Waals surface area (Å²) >= 11 is 5.96. The first-order chi connectivity index (χ1) is 7.60. The Balaban J connectivity index is 2.85. The van der Waals surface area contributed by atoms with Gasteiger partial charge < -0.3 is 10.4 Å². The van der Waals surface area contributed by atoms with Crippen molar-refractivity contribution in [1.82, 2.24) is 5.32 Å². The highest BCUT2D eigenvalue weighted by molar-refractivity contribution is 6.31. The summed E-state index contributed by atoms with van der Waals surface area (Å²) in [5.41, 5.74) is 1.93. The maximum atomic E-state index is 10.2. The second kappa shape index (κ2) is 6.24. The molecule has 1 rings (SSSR count). The van der Waals surface area contributed by atoms with Gasteiger partial charge >= 0.3 is 0 Å². The van der Waals surface area contributed by atoms with Gasteiger partial charge in [0, 0.05) is 11.1 Å². The third-order valence-electron chi connectivity index (χ3n) is 2.81. The number of hydrogen-bond donors (Lipinski definition) is 2. The second-order valence-corrected chi connectivity index (χ2v) is 4.43. The summed E-state index contributed by atoms with van der Waals surface area (Å²) in [7, 11) is 0. The maximum Gasteiger partial charge on any atom is 0.0942 e.